The summed E-state index contributed by atoms with van der Waals surface area (Å²) in [6.45, 7) is 1.77. The highest BCUT2D eigenvalue weighted by atomic mass is 16.5. The second-order valence-corrected chi connectivity index (χ2v) is 3.26. The van der Waals surface area contributed by atoms with E-state index in [-0.39, 0.29) is 0 Å². The Hall–Kier alpha value is -1.97. The third kappa shape index (κ3) is 1.34. The number of nitrogens with zero attached hydrogens (tertiary/aromatic N) is 1. The first-order chi connectivity index (χ1) is 7.15. The predicted octanol–water partition coefficient (Wildman–Crippen LogP) is 1.14. The van der Waals surface area contributed by atoms with Crippen LogP contribution in [0.1, 0.15) is 21.6 Å². The molecule has 1 heterocycles. The summed E-state index contributed by atoms with van der Waals surface area (Å²) < 4.78 is 5.02. The van der Waals surface area contributed by atoms with Crippen molar-refractivity contribution in [3.63, 3.8) is 0 Å². The number of fused-ring (bicyclic) bond motifs is 1. The maximum Gasteiger partial charge on any atom is 0.235 e. The van der Waals surface area contributed by atoms with Crippen LogP contribution in [0.15, 0.2) is 18.3 Å². The van der Waals surface area contributed by atoms with Crippen molar-refractivity contribution in [2.24, 2.45) is 0 Å². The van der Waals surface area contributed by atoms with Crippen LogP contribution in [0.4, 0.5) is 0 Å². The molecule has 1 aliphatic carbocycles. The van der Waals surface area contributed by atoms with Gasteiger partial charge in [-0.2, -0.15) is 0 Å². The van der Waals surface area contributed by atoms with Crippen LogP contribution in [-0.2, 0) is 9.53 Å². The highest BCUT2D eigenvalue weighted by Crippen LogP contribution is 2.25. The molecule has 0 bridgehead atoms. The first kappa shape index (κ1) is 9.58. The van der Waals surface area contributed by atoms with Gasteiger partial charge in [-0.1, -0.05) is 0 Å². The van der Waals surface area contributed by atoms with Gasteiger partial charge in [0.1, 0.15) is 11.5 Å². The number of methoxy groups -OCH3 is 1. The van der Waals surface area contributed by atoms with Gasteiger partial charge in [0.2, 0.25) is 11.6 Å². The van der Waals surface area contributed by atoms with Gasteiger partial charge in [0.05, 0.1) is 12.7 Å². The van der Waals surface area contributed by atoms with E-state index in [0.717, 1.165) is 5.56 Å². The van der Waals surface area contributed by atoms with Crippen LogP contribution in [0.2, 0.25) is 0 Å². The fraction of sp³-hybridized carbons (Fsp3) is 0.182. The number of aryl methyl sites for hydroxylation is 1. The highest BCUT2D eigenvalue weighted by Gasteiger charge is 2.28. The molecule has 0 saturated heterocycles. The maximum absolute atomic E-state index is 11.6. The van der Waals surface area contributed by atoms with Crippen molar-refractivity contribution in [2.45, 2.75) is 6.92 Å². The van der Waals surface area contributed by atoms with Crippen molar-refractivity contribution >= 4 is 17.3 Å². The second-order valence-electron chi connectivity index (χ2n) is 3.26. The quantitative estimate of drug-likeness (QED) is 0.642. The summed E-state index contributed by atoms with van der Waals surface area (Å²) in [7, 11) is 1.45. The summed E-state index contributed by atoms with van der Waals surface area (Å²) >= 11 is 0. The summed E-state index contributed by atoms with van der Waals surface area (Å²) in [5.74, 6) is -0.731. The summed E-state index contributed by atoms with van der Waals surface area (Å²) in [6.07, 6.45) is 2.77. The molecule has 0 aliphatic heterocycles. The van der Waals surface area contributed by atoms with Gasteiger partial charge in [-0.15, -0.1) is 0 Å². The Morgan fingerprint density at radius 2 is 2.07 bits per heavy atom. The average molecular weight is 203 g/mol. The molecule has 76 valence electrons. The minimum atomic E-state index is -0.560. The first-order valence-corrected chi connectivity index (χ1v) is 4.45. The third-order valence-corrected chi connectivity index (χ3v) is 2.33. The van der Waals surface area contributed by atoms with Crippen LogP contribution in [-0.4, -0.2) is 23.7 Å². The Balaban J connectivity index is 2.74. The van der Waals surface area contributed by atoms with Crippen LogP contribution in [0.5, 0.6) is 0 Å². The largest absolute Gasteiger partial charge is 0.494 e. The topological polar surface area (TPSA) is 56.3 Å². The summed E-state index contributed by atoms with van der Waals surface area (Å²) in [6, 6.07) is 1.70. The fourth-order valence-electron chi connectivity index (χ4n) is 1.56. The number of carbonyl (C=O) groups is 2. The molecule has 4 heteroatoms. The van der Waals surface area contributed by atoms with Crippen LogP contribution < -0.4 is 0 Å². The van der Waals surface area contributed by atoms with Gasteiger partial charge in [0.25, 0.3) is 0 Å². The van der Waals surface area contributed by atoms with Gasteiger partial charge in [0, 0.05) is 12.3 Å². The van der Waals surface area contributed by atoms with E-state index in [1.165, 1.54) is 13.2 Å². The summed E-state index contributed by atoms with van der Waals surface area (Å²) in [5, 5.41) is 0. The molecule has 4 nitrogen and oxygen atoms in total. The Morgan fingerprint density at radius 1 is 1.33 bits per heavy atom. The van der Waals surface area contributed by atoms with Crippen LogP contribution in [0, 0.1) is 6.92 Å². The maximum atomic E-state index is 11.6. The van der Waals surface area contributed by atoms with E-state index in [1.54, 1.807) is 19.2 Å². The van der Waals surface area contributed by atoms with Crippen molar-refractivity contribution < 1.29 is 14.3 Å². The zero-order chi connectivity index (χ0) is 11.0. The summed E-state index contributed by atoms with van der Waals surface area (Å²) in [4.78, 5) is 27.0. The Kier molecular flexibility index (Phi) is 2.11. The van der Waals surface area contributed by atoms with Gasteiger partial charge in [-0.3, -0.25) is 14.6 Å². The van der Waals surface area contributed by atoms with Crippen LogP contribution in [0.3, 0.4) is 0 Å². The molecule has 2 rings (SSSR count). The number of Topliss-reactive ketones (excluding diaryl/α,β-unsaturated/α-hetero) is 1. The SMILES string of the molecule is COC1=CC(=O)C(=O)c2c(C)ccnc21. The molecule has 0 fully saturated rings. The first-order valence-electron chi connectivity index (χ1n) is 4.45. The molecule has 1 aromatic heterocycles. The molecule has 0 atom stereocenters. The number of pyridine rings is 1. The predicted molar refractivity (Wildman–Crippen MR) is 53.3 cm³/mol. The Labute approximate surface area is 86.6 Å². The minimum absolute atomic E-state index is 0.346. The second kappa shape index (κ2) is 3.31. The van der Waals surface area contributed by atoms with Crippen molar-refractivity contribution in [2.75, 3.05) is 7.11 Å². The molecule has 0 aromatic carbocycles. The lowest BCUT2D eigenvalue weighted by Crippen LogP contribution is -2.21. The molecule has 0 radical (unpaired) electrons. The number of carbonyl (C=O) groups excluding carboxylic acids is 2. The van der Waals surface area contributed by atoms with Crippen molar-refractivity contribution in [3.8, 4) is 0 Å². The number of hydrogen-bond acceptors (Lipinski definition) is 4. The monoisotopic (exact) mass is 203 g/mol. The minimum Gasteiger partial charge on any atom is -0.494 e. The number of rotatable bonds is 1. The van der Waals surface area contributed by atoms with Crippen molar-refractivity contribution in [1.29, 1.82) is 0 Å². The molecule has 0 amide bonds. The molecule has 15 heavy (non-hydrogen) atoms. The van der Waals surface area contributed by atoms with Gasteiger partial charge in [-0.05, 0) is 18.6 Å². The molecule has 0 spiro atoms. The third-order valence-electron chi connectivity index (χ3n) is 2.33. The lowest BCUT2D eigenvalue weighted by molar-refractivity contribution is -0.111. The molecule has 1 aliphatic rings. The van der Waals surface area contributed by atoms with Gasteiger partial charge < -0.3 is 4.74 Å². The van der Waals surface area contributed by atoms with Crippen LogP contribution in [0.25, 0.3) is 5.76 Å². The van der Waals surface area contributed by atoms with E-state index in [2.05, 4.69) is 4.98 Å². The molecule has 0 saturated carbocycles. The number of hydrogen-bond donors (Lipinski definition) is 0. The van der Waals surface area contributed by atoms with E-state index in [9.17, 15) is 9.59 Å². The smallest absolute Gasteiger partial charge is 0.235 e. The van der Waals surface area contributed by atoms with E-state index in [1.807, 2.05) is 0 Å². The molecule has 0 unspecified atom stereocenters. The number of allylic oxidation sites excluding steroid dienone is 1. The van der Waals surface area contributed by atoms with Crippen LogP contribution >= 0.6 is 0 Å². The van der Waals surface area contributed by atoms with E-state index in [4.69, 9.17) is 4.74 Å². The van der Waals surface area contributed by atoms with E-state index >= 15 is 0 Å². The van der Waals surface area contributed by atoms with Gasteiger partial charge in [0.15, 0.2) is 0 Å². The number of aromatic nitrogens is 1. The Bertz CT molecular complexity index is 489. The number of ketones is 2. The molecular formula is C11H9NO3. The summed E-state index contributed by atoms with van der Waals surface area (Å²) in [5.41, 5.74) is 1.53. The molecule has 1 aromatic rings. The number of ether oxygens (including phenoxy) is 1. The standard InChI is InChI=1S/C11H9NO3/c1-6-3-4-12-10-8(15-2)5-7(13)11(14)9(6)10/h3-5H,1-2H3. The zero-order valence-corrected chi connectivity index (χ0v) is 8.40. The molecular weight excluding hydrogens is 194 g/mol. The molecule has 0 N–H and O–H groups in total. The normalized spacial score (nSPS) is 14.7. The zero-order valence-electron chi connectivity index (χ0n) is 8.40. The van der Waals surface area contributed by atoms with E-state index < -0.39 is 11.6 Å². The van der Waals surface area contributed by atoms with Gasteiger partial charge >= 0.3 is 0 Å². The van der Waals surface area contributed by atoms with Crippen molar-refractivity contribution in [1.82, 2.24) is 4.98 Å². The lowest BCUT2D eigenvalue weighted by atomic mass is 9.94. The van der Waals surface area contributed by atoms with Gasteiger partial charge in [-0.25, -0.2) is 0 Å². The lowest BCUT2D eigenvalue weighted by Gasteiger charge is -2.15. The fourth-order valence-corrected chi connectivity index (χ4v) is 1.56. The highest BCUT2D eigenvalue weighted by molar-refractivity contribution is 6.50. The average Bonchev–Trinajstić information content (AvgIpc) is 2.23. The van der Waals surface area contributed by atoms with E-state index in [0.29, 0.717) is 17.0 Å². The van der Waals surface area contributed by atoms with Crippen molar-refractivity contribution in [3.05, 3.63) is 35.2 Å². The Morgan fingerprint density at radius 3 is 2.73 bits per heavy atom.